The molecule has 0 unspecified atom stereocenters. The van der Waals surface area contributed by atoms with E-state index >= 15 is 0 Å². The summed E-state index contributed by atoms with van der Waals surface area (Å²) in [5.41, 5.74) is 5.20. The van der Waals surface area contributed by atoms with E-state index in [4.69, 9.17) is 11.6 Å². The summed E-state index contributed by atoms with van der Waals surface area (Å²) >= 11 is 8.20. The lowest BCUT2D eigenvalue weighted by molar-refractivity contribution is 0.148. The molecule has 0 spiro atoms. The van der Waals surface area contributed by atoms with E-state index in [1.165, 1.54) is 32.6 Å². The molecule has 1 saturated heterocycles. The average Bonchev–Trinajstić information content (AvgIpc) is 3.00. The molecular formula is C22H26ClN3S. The van der Waals surface area contributed by atoms with E-state index in [-0.39, 0.29) is 0 Å². The first-order valence-electron chi connectivity index (χ1n) is 9.48. The van der Waals surface area contributed by atoms with Crippen molar-refractivity contribution in [2.24, 2.45) is 0 Å². The van der Waals surface area contributed by atoms with Crippen molar-refractivity contribution in [2.45, 2.75) is 24.1 Å². The highest BCUT2D eigenvalue weighted by molar-refractivity contribution is 7.98. The van der Waals surface area contributed by atoms with Crippen LogP contribution in [0.4, 0.5) is 0 Å². The van der Waals surface area contributed by atoms with Crippen LogP contribution in [0.3, 0.4) is 0 Å². The fraction of sp³-hybridized carbons (Fsp3) is 0.364. The first-order chi connectivity index (χ1) is 13.1. The minimum absolute atomic E-state index is 0.805. The smallest absolute Gasteiger partial charge is 0.0460 e. The number of H-pyrrole nitrogens is 1. The van der Waals surface area contributed by atoms with Gasteiger partial charge in [0.05, 0.1) is 0 Å². The third kappa shape index (κ3) is 4.52. The molecule has 1 aromatic heterocycles. The molecule has 0 bridgehead atoms. The van der Waals surface area contributed by atoms with E-state index in [1.54, 1.807) is 0 Å². The Morgan fingerprint density at radius 1 is 1.04 bits per heavy atom. The zero-order valence-electron chi connectivity index (χ0n) is 16.0. The number of rotatable bonds is 5. The first kappa shape index (κ1) is 18.9. The fourth-order valence-corrected chi connectivity index (χ4v) is 4.66. The Labute approximate surface area is 170 Å². The van der Waals surface area contributed by atoms with Gasteiger partial charge in [-0.3, -0.25) is 4.90 Å². The van der Waals surface area contributed by atoms with Crippen LogP contribution >= 0.6 is 23.4 Å². The number of nitrogens with zero attached hydrogens (tertiary/aromatic N) is 2. The number of halogens is 1. The fourth-order valence-electron chi connectivity index (χ4n) is 3.60. The van der Waals surface area contributed by atoms with Gasteiger partial charge in [-0.2, -0.15) is 0 Å². The van der Waals surface area contributed by atoms with Crippen molar-refractivity contribution < 1.29 is 0 Å². The van der Waals surface area contributed by atoms with Crippen molar-refractivity contribution in [3.8, 4) is 0 Å². The molecule has 1 N–H and O–H groups in total. The molecule has 1 aliphatic heterocycles. The van der Waals surface area contributed by atoms with E-state index < -0.39 is 0 Å². The van der Waals surface area contributed by atoms with Gasteiger partial charge in [0.1, 0.15) is 0 Å². The van der Waals surface area contributed by atoms with Crippen LogP contribution < -0.4 is 0 Å². The standard InChI is InChI=1S/C22H26ClN3S/c1-16-3-6-18(7-4-16)27-15-22-20(14-26-11-9-25(2)10-12-26)19-13-17(23)5-8-21(19)24-22/h3-8,13,24H,9-12,14-15H2,1-2H3. The monoisotopic (exact) mass is 399 g/mol. The van der Waals surface area contributed by atoms with Crippen LogP contribution in [-0.4, -0.2) is 48.0 Å². The zero-order chi connectivity index (χ0) is 18.8. The van der Waals surface area contributed by atoms with Gasteiger partial charge < -0.3 is 9.88 Å². The largest absolute Gasteiger partial charge is 0.357 e. The van der Waals surface area contributed by atoms with Crippen molar-refractivity contribution in [1.29, 1.82) is 0 Å². The number of hydrogen-bond acceptors (Lipinski definition) is 3. The molecule has 142 valence electrons. The predicted molar refractivity (Wildman–Crippen MR) is 117 cm³/mol. The number of likely N-dealkylation sites (N-methyl/N-ethyl adjacent to an activating group) is 1. The Morgan fingerprint density at radius 2 is 1.78 bits per heavy atom. The van der Waals surface area contributed by atoms with E-state index in [1.807, 2.05) is 17.8 Å². The van der Waals surface area contributed by atoms with Crippen molar-refractivity contribution in [2.75, 3.05) is 33.2 Å². The Bertz CT molecular complexity index is 911. The molecule has 0 atom stereocenters. The molecule has 1 aliphatic rings. The van der Waals surface area contributed by atoms with Gasteiger partial charge in [0.25, 0.3) is 0 Å². The van der Waals surface area contributed by atoms with Gasteiger partial charge in [-0.1, -0.05) is 29.3 Å². The lowest BCUT2D eigenvalue weighted by Gasteiger charge is -2.32. The number of benzene rings is 2. The number of thioether (sulfide) groups is 1. The topological polar surface area (TPSA) is 22.3 Å². The number of nitrogens with one attached hydrogen (secondary N) is 1. The summed E-state index contributed by atoms with van der Waals surface area (Å²) in [6, 6.07) is 15.0. The summed E-state index contributed by atoms with van der Waals surface area (Å²) < 4.78 is 0. The van der Waals surface area contributed by atoms with Gasteiger partial charge in [-0.25, -0.2) is 0 Å². The maximum Gasteiger partial charge on any atom is 0.0460 e. The van der Waals surface area contributed by atoms with E-state index in [9.17, 15) is 0 Å². The van der Waals surface area contributed by atoms with E-state index in [0.29, 0.717) is 0 Å². The quantitative estimate of drug-likeness (QED) is 0.598. The molecule has 1 fully saturated rings. The van der Waals surface area contributed by atoms with Gasteiger partial charge in [0.2, 0.25) is 0 Å². The molecule has 27 heavy (non-hydrogen) atoms. The second kappa shape index (κ2) is 8.27. The zero-order valence-corrected chi connectivity index (χ0v) is 17.5. The molecule has 3 nitrogen and oxygen atoms in total. The minimum atomic E-state index is 0.805. The average molecular weight is 400 g/mol. The SMILES string of the molecule is Cc1ccc(SCc2[nH]c3ccc(Cl)cc3c2CN2CCN(C)CC2)cc1. The molecular weight excluding hydrogens is 374 g/mol. The predicted octanol–water partition coefficient (Wildman–Crippen LogP) is 5.17. The Morgan fingerprint density at radius 3 is 2.52 bits per heavy atom. The number of aromatic amines is 1. The van der Waals surface area contributed by atoms with Crippen molar-refractivity contribution in [3.05, 3.63) is 64.3 Å². The second-order valence-corrected chi connectivity index (χ2v) is 8.94. The van der Waals surface area contributed by atoms with Gasteiger partial charge in [-0.15, -0.1) is 11.8 Å². The number of hydrogen-bond donors (Lipinski definition) is 1. The second-order valence-electron chi connectivity index (χ2n) is 7.45. The molecule has 5 heteroatoms. The number of piperazine rings is 1. The number of fused-ring (bicyclic) bond motifs is 1. The van der Waals surface area contributed by atoms with Gasteiger partial charge >= 0.3 is 0 Å². The van der Waals surface area contributed by atoms with Crippen LogP contribution in [0, 0.1) is 6.92 Å². The Kier molecular flexibility index (Phi) is 5.79. The molecule has 3 aromatic rings. The highest BCUT2D eigenvalue weighted by atomic mass is 35.5. The summed E-state index contributed by atoms with van der Waals surface area (Å²) in [5, 5.41) is 2.07. The van der Waals surface area contributed by atoms with E-state index in [0.717, 1.165) is 43.5 Å². The third-order valence-corrected chi connectivity index (χ3v) is 6.61. The van der Waals surface area contributed by atoms with Crippen molar-refractivity contribution >= 4 is 34.3 Å². The summed E-state index contributed by atoms with van der Waals surface area (Å²) in [6.45, 7) is 7.62. The van der Waals surface area contributed by atoms with Crippen LogP contribution in [0.2, 0.25) is 5.02 Å². The highest BCUT2D eigenvalue weighted by Gasteiger charge is 2.19. The molecule has 4 rings (SSSR count). The highest BCUT2D eigenvalue weighted by Crippen LogP contribution is 2.31. The van der Waals surface area contributed by atoms with Crippen LogP contribution in [0.15, 0.2) is 47.4 Å². The van der Waals surface area contributed by atoms with Crippen LogP contribution in [0.5, 0.6) is 0 Å². The first-order valence-corrected chi connectivity index (χ1v) is 10.8. The maximum atomic E-state index is 6.31. The van der Waals surface area contributed by atoms with Crippen LogP contribution in [-0.2, 0) is 12.3 Å². The third-order valence-electron chi connectivity index (χ3n) is 5.34. The molecule has 2 heterocycles. The number of aromatic nitrogens is 1. The Balaban J connectivity index is 1.59. The Hall–Kier alpha value is -1.46. The summed E-state index contributed by atoms with van der Waals surface area (Å²) in [6.07, 6.45) is 0. The van der Waals surface area contributed by atoms with Crippen molar-refractivity contribution in [1.82, 2.24) is 14.8 Å². The summed E-state index contributed by atoms with van der Waals surface area (Å²) in [5.74, 6) is 0.943. The van der Waals surface area contributed by atoms with Gasteiger partial charge in [-0.05, 0) is 49.9 Å². The summed E-state index contributed by atoms with van der Waals surface area (Å²) in [4.78, 5) is 9.92. The molecule has 0 radical (unpaired) electrons. The van der Waals surface area contributed by atoms with Crippen molar-refractivity contribution in [3.63, 3.8) is 0 Å². The molecule has 0 saturated carbocycles. The van der Waals surface area contributed by atoms with Crippen LogP contribution in [0.25, 0.3) is 10.9 Å². The van der Waals surface area contributed by atoms with Crippen LogP contribution in [0.1, 0.15) is 16.8 Å². The normalized spacial score (nSPS) is 16.3. The van der Waals surface area contributed by atoms with Gasteiger partial charge in [0.15, 0.2) is 0 Å². The van der Waals surface area contributed by atoms with E-state index in [2.05, 4.69) is 65.2 Å². The number of aryl methyl sites for hydroxylation is 1. The molecule has 2 aromatic carbocycles. The maximum absolute atomic E-state index is 6.31. The lowest BCUT2D eigenvalue weighted by atomic mass is 10.1. The summed E-state index contributed by atoms with van der Waals surface area (Å²) in [7, 11) is 2.20. The molecule has 0 amide bonds. The lowest BCUT2D eigenvalue weighted by Crippen LogP contribution is -2.43. The molecule has 0 aliphatic carbocycles. The minimum Gasteiger partial charge on any atom is -0.357 e. The van der Waals surface area contributed by atoms with Gasteiger partial charge in [0, 0.05) is 65.0 Å².